The van der Waals surface area contributed by atoms with Crippen molar-refractivity contribution in [1.29, 1.82) is 0 Å². The van der Waals surface area contributed by atoms with Crippen LogP contribution in [0.5, 0.6) is 0 Å². The molecule has 0 amide bonds. The molecule has 0 unspecified atom stereocenters. The topological polar surface area (TPSA) is 119 Å². The standard InChI is InChI=1S/C24H31FN6O4S2/c1-3-16-37(32,33)30-18-7-5-6-17(20(18)25)21-22(36-24(29-21)31-11-14-35-15-12-31)19-8-9-26-23(28-19)27-10-13-34-4-2/h5-9,30H,3-4,10-16H2,1-2H3,(H,26,27,28). The second-order valence-electron chi connectivity index (χ2n) is 8.25. The second-order valence-corrected chi connectivity index (χ2v) is 11.1. The number of hydrogen-bond donors (Lipinski definition) is 2. The van der Waals surface area contributed by atoms with Crippen molar-refractivity contribution in [2.45, 2.75) is 20.3 Å². The highest BCUT2D eigenvalue weighted by Gasteiger charge is 2.25. The molecule has 0 atom stereocenters. The van der Waals surface area contributed by atoms with Gasteiger partial charge in [-0.2, -0.15) is 0 Å². The Balaban J connectivity index is 1.74. The minimum Gasteiger partial charge on any atom is -0.380 e. The van der Waals surface area contributed by atoms with Crippen molar-refractivity contribution in [3.63, 3.8) is 0 Å². The van der Waals surface area contributed by atoms with E-state index in [2.05, 4.69) is 24.9 Å². The molecule has 1 aromatic carbocycles. The van der Waals surface area contributed by atoms with Crippen molar-refractivity contribution in [3.8, 4) is 21.8 Å². The normalized spacial score (nSPS) is 14.1. The van der Waals surface area contributed by atoms with Gasteiger partial charge >= 0.3 is 0 Å². The Kier molecular flexibility index (Phi) is 9.24. The largest absolute Gasteiger partial charge is 0.380 e. The van der Waals surface area contributed by atoms with Gasteiger partial charge in [-0.25, -0.2) is 27.8 Å². The SMILES string of the molecule is CCCS(=O)(=O)Nc1cccc(-c2nc(N3CCOCC3)sc2-c2ccnc(NCCOCC)n2)c1F. The van der Waals surface area contributed by atoms with E-state index in [-0.39, 0.29) is 17.0 Å². The Morgan fingerprint density at radius 1 is 1.19 bits per heavy atom. The summed E-state index contributed by atoms with van der Waals surface area (Å²) in [7, 11) is -3.67. The monoisotopic (exact) mass is 550 g/mol. The maximum Gasteiger partial charge on any atom is 0.232 e. The zero-order valence-electron chi connectivity index (χ0n) is 20.9. The summed E-state index contributed by atoms with van der Waals surface area (Å²) in [6.45, 7) is 7.85. The molecule has 1 fully saturated rings. The van der Waals surface area contributed by atoms with Gasteiger partial charge in [0.25, 0.3) is 0 Å². The Morgan fingerprint density at radius 2 is 2.00 bits per heavy atom. The minimum absolute atomic E-state index is 0.0974. The van der Waals surface area contributed by atoms with Crippen molar-refractivity contribution >= 4 is 38.1 Å². The number of ether oxygens (including phenoxy) is 2. The average molecular weight is 551 g/mol. The third-order valence-electron chi connectivity index (χ3n) is 5.51. The number of halogens is 1. The summed E-state index contributed by atoms with van der Waals surface area (Å²) in [5.41, 5.74) is 1.04. The van der Waals surface area contributed by atoms with Crippen LogP contribution in [0, 0.1) is 5.82 Å². The predicted octanol–water partition coefficient (Wildman–Crippen LogP) is 3.84. The molecule has 2 N–H and O–H groups in total. The lowest BCUT2D eigenvalue weighted by atomic mass is 10.1. The lowest BCUT2D eigenvalue weighted by Crippen LogP contribution is -2.36. The summed E-state index contributed by atoms with van der Waals surface area (Å²) in [6.07, 6.45) is 2.05. The zero-order valence-corrected chi connectivity index (χ0v) is 22.5. The molecule has 0 spiro atoms. The van der Waals surface area contributed by atoms with Gasteiger partial charge in [0.2, 0.25) is 16.0 Å². The van der Waals surface area contributed by atoms with Crippen LogP contribution in [-0.2, 0) is 19.5 Å². The van der Waals surface area contributed by atoms with E-state index in [1.165, 1.54) is 17.4 Å². The number of hydrogen-bond acceptors (Lipinski definition) is 10. The molecule has 0 bridgehead atoms. The van der Waals surface area contributed by atoms with Crippen molar-refractivity contribution in [2.75, 3.05) is 66.8 Å². The molecule has 0 aliphatic carbocycles. The number of benzene rings is 1. The number of rotatable bonds is 12. The van der Waals surface area contributed by atoms with Crippen LogP contribution in [0.2, 0.25) is 0 Å². The fraction of sp³-hybridized carbons (Fsp3) is 0.458. The fourth-order valence-electron chi connectivity index (χ4n) is 3.79. The summed E-state index contributed by atoms with van der Waals surface area (Å²) < 4.78 is 53.6. The summed E-state index contributed by atoms with van der Waals surface area (Å²) in [5, 5.41) is 3.85. The number of nitrogens with zero attached hydrogens (tertiary/aromatic N) is 4. The van der Waals surface area contributed by atoms with Gasteiger partial charge in [-0.3, -0.25) is 4.72 Å². The van der Waals surface area contributed by atoms with Gasteiger partial charge in [-0.15, -0.1) is 0 Å². The van der Waals surface area contributed by atoms with Gasteiger partial charge in [0, 0.05) is 38.0 Å². The van der Waals surface area contributed by atoms with Crippen LogP contribution in [0.15, 0.2) is 30.5 Å². The first-order valence-corrected chi connectivity index (χ1v) is 14.7. The van der Waals surface area contributed by atoms with Crippen molar-refractivity contribution < 1.29 is 22.3 Å². The van der Waals surface area contributed by atoms with Gasteiger partial charge in [-0.1, -0.05) is 24.3 Å². The Bertz CT molecular complexity index is 1300. The van der Waals surface area contributed by atoms with E-state index in [0.717, 1.165) is 0 Å². The summed E-state index contributed by atoms with van der Waals surface area (Å²) in [4.78, 5) is 16.5. The van der Waals surface area contributed by atoms with Gasteiger partial charge in [0.15, 0.2) is 10.9 Å². The summed E-state index contributed by atoms with van der Waals surface area (Å²) >= 11 is 1.40. The van der Waals surface area contributed by atoms with Crippen LogP contribution >= 0.6 is 11.3 Å². The third-order valence-corrected chi connectivity index (χ3v) is 8.13. The van der Waals surface area contributed by atoms with Crippen LogP contribution in [0.1, 0.15) is 20.3 Å². The smallest absolute Gasteiger partial charge is 0.232 e. The number of morpholine rings is 1. The fourth-order valence-corrected chi connectivity index (χ4v) is 6.02. The van der Waals surface area contributed by atoms with Gasteiger partial charge in [0.05, 0.1) is 47.5 Å². The Labute approximate surface area is 220 Å². The number of thiazole rings is 1. The van der Waals surface area contributed by atoms with Crippen molar-refractivity contribution in [1.82, 2.24) is 15.0 Å². The first-order chi connectivity index (χ1) is 17.9. The van der Waals surface area contributed by atoms with Crippen LogP contribution in [0.25, 0.3) is 21.8 Å². The molecule has 4 rings (SSSR count). The van der Waals surface area contributed by atoms with Crippen LogP contribution in [0.4, 0.5) is 21.2 Å². The van der Waals surface area contributed by atoms with E-state index < -0.39 is 15.8 Å². The highest BCUT2D eigenvalue weighted by molar-refractivity contribution is 7.92. The first-order valence-electron chi connectivity index (χ1n) is 12.2. The van der Waals surface area contributed by atoms with Crippen LogP contribution in [0.3, 0.4) is 0 Å². The molecule has 3 aromatic rings. The van der Waals surface area contributed by atoms with Crippen molar-refractivity contribution in [3.05, 3.63) is 36.3 Å². The number of anilines is 3. The molecule has 37 heavy (non-hydrogen) atoms. The molecule has 200 valence electrons. The third kappa shape index (κ3) is 6.92. The highest BCUT2D eigenvalue weighted by atomic mass is 32.2. The van der Waals surface area contributed by atoms with E-state index in [4.69, 9.17) is 14.5 Å². The molecule has 1 aliphatic heterocycles. The van der Waals surface area contributed by atoms with Gasteiger partial charge in [-0.05, 0) is 31.5 Å². The maximum absolute atomic E-state index is 15.7. The van der Waals surface area contributed by atoms with E-state index in [1.807, 2.05) is 6.92 Å². The molecule has 1 aliphatic rings. The molecular weight excluding hydrogens is 519 g/mol. The van der Waals surface area contributed by atoms with E-state index in [1.54, 1.807) is 31.3 Å². The van der Waals surface area contributed by atoms with Crippen molar-refractivity contribution in [2.24, 2.45) is 0 Å². The first kappa shape index (κ1) is 27.2. The average Bonchev–Trinajstić information content (AvgIpc) is 3.34. The lowest BCUT2D eigenvalue weighted by Gasteiger charge is -2.26. The number of sulfonamides is 1. The Morgan fingerprint density at radius 3 is 2.76 bits per heavy atom. The molecular formula is C24H31FN6O4S2. The maximum atomic E-state index is 15.7. The molecule has 2 aromatic heterocycles. The van der Waals surface area contributed by atoms with E-state index >= 15 is 4.39 Å². The molecule has 13 heteroatoms. The molecule has 0 radical (unpaired) electrons. The molecule has 0 saturated carbocycles. The molecule has 10 nitrogen and oxygen atoms in total. The molecule has 1 saturated heterocycles. The quantitative estimate of drug-likeness (QED) is 0.324. The molecule has 3 heterocycles. The van der Waals surface area contributed by atoms with Gasteiger partial charge < -0.3 is 19.7 Å². The van der Waals surface area contributed by atoms with Crippen LogP contribution < -0.4 is 14.9 Å². The van der Waals surface area contributed by atoms with E-state index in [0.29, 0.717) is 79.8 Å². The lowest BCUT2D eigenvalue weighted by molar-refractivity contribution is 0.122. The van der Waals surface area contributed by atoms with Gasteiger partial charge in [0.1, 0.15) is 0 Å². The Hall–Kier alpha value is -2.87. The summed E-state index contributed by atoms with van der Waals surface area (Å²) in [6, 6.07) is 6.36. The van der Waals surface area contributed by atoms with E-state index in [9.17, 15) is 8.42 Å². The summed E-state index contributed by atoms with van der Waals surface area (Å²) in [5.74, 6) is -0.364. The van der Waals surface area contributed by atoms with Crippen LogP contribution in [-0.4, -0.2) is 75.2 Å². The predicted molar refractivity (Wildman–Crippen MR) is 144 cm³/mol. The minimum atomic E-state index is -3.67. The highest BCUT2D eigenvalue weighted by Crippen LogP contribution is 2.41. The number of nitrogens with one attached hydrogen (secondary N) is 2. The number of aromatic nitrogens is 3. The zero-order chi connectivity index (χ0) is 26.3. The second kappa shape index (κ2) is 12.6.